The van der Waals surface area contributed by atoms with Gasteiger partial charge in [-0.3, -0.25) is 38.5 Å². The molecular weight excluding hydrogens is 1250 g/mol. The normalized spacial score (nSPS) is 17.4. The number of carbonyl (C=O) groups excluding carboxylic acids is 6. The molecule has 88 heavy (non-hydrogen) atoms. The van der Waals surface area contributed by atoms with E-state index in [4.69, 9.17) is 39.6 Å². The highest BCUT2D eigenvalue weighted by Crippen LogP contribution is 2.41. The number of aryl methyl sites for hydroxylation is 1. The first kappa shape index (κ1) is 62.9. The Bertz CT molecular complexity index is 3940. The van der Waals surface area contributed by atoms with Crippen molar-refractivity contribution in [3.63, 3.8) is 0 Å². The number of thiazole rings is 6. The lowest BCUT2D eigenvalue weighted by molar-refractivity contribution is -0.143. The third-order valence-electron chi connectivity index (χ3n) is 14.9. The van der Waals surface area contributed by atoms with Crippen molar-refractivity contribution in [2.24, 2.45) is 11.8 Å². The van der Waals surface area contributed by atoms with Crippen LogP contribution in [0.3, 0.4) is 0 Å². The lowest BCUT2D eigenvalue weighted by atomic mass is 9.90. The van der Waals surface area contributed by atoms with E-state index in [1.165, 1.54) is 64.4 Å². The van der Waals surface area contributed by atoms with Crippen molar-refractivity contribution >= 4 is 121 Å². The van der Waals surface area contributed by atoms with Crippen molar-refractivity contribution in [3.05, 3.63) is 111 Å². The highest BCUT2D eigenvalue weighted by Gasteiger charge is 2.35. The number of hydrogen-bond acceptors (Lipinski definition) is 22. The number of benzene rings is 1. The van der Waals surface area contributed by atoms with Crippen LogP contribution in [0, 0.1) is 18.8 Å². The first-order chi connectivity index (χ1) is 42.3. The van der Waals surface area contributed by atoms with Gasteiger partial charge in [-0.15, -0.1) is 68.0 Å². The Morgan fingerprint density at radius 1 is 0.739 bits per heavy atom. The average molecular weight is 1310 g/mol. The summed E-state index contributed by atoms with van der Waals surface area (Å²) in [5.74, 6) is -6.15. The Labute approximate surface area is 527 Å². The molecule has 0 spiro atoms. The summed E-state index contributed by atoms with van der Waals surface area (Å²) in [6, 6.07) is 10.8. The summed E-state index contributed by atoms with van der Waals surface area (Å²) in [5.41, 5.74) is 3.15. The molecule has 1 saturated heterocycles. The van der Waals surface area contributed by atoms with E-state index >= 15 is 0 Å². The zero-order valence-corrected chi connectivity index (χ0v) is 53.1. The third kappa shape index (κ3) is 14.1. The van der Waals surface area contributed by atoms with Crippen LogP contribution < -0.4 is 26.2 Å². The number of urea groups is 1. The molecule has 6 amide bonds. The standard InChI is InChI=1S/C58H59N13O11S6/c1-27(2)33-18-39(72)46-29(4)87-55(68-46)35(19-42(73)59-5)62-49(77)37-24-83-51(64-37)32-12-13-34(53-66-41(26-86-53)71(21-44(75)76)58(81)70-16-14-31(15-17-70)57(79)80)61-47(32)36-23-84-54(63-36)38-25-85-56(65-38)45(28(3)30-10-8-7-9-11-30)67-43(74)20-60-50(78)48-40(22-82-6)88-52(33)69-48/h7-13,23-28,31,33,35,45H,14-22H2,1-6H3,(H,59,73)(H,60,78)(H,62,77)(H,67,74)(H,75,76)(H,79,80)/t28-,33?,35-,45-/m0/s1. The van der Waals surface area contributed by atoms with E-state index in [0.717, 1.165) is 33.1 Å². The fourth-order valence-corrected chi connectivity index (χ4v) is 15.8. The van der Waals surface area contributed by atoms with E-state index < -0.39 is 78.6 Å². The molecule has 30 heteroatoms. The average Bonchev–Trinajstić information content (AvgIpc) is 2.82. The van der Waals surface area contributed by atoms with Crippen LogP contribution >= 0.6 is 68.0 Å². The Morgan fingerprint density at radius 3 is 2.15 bits per heavy atom. The lowest BCUT2D eigenvalue weighted by Crippen LogP contribution is -2.49. The van der Waals surface area contributed by atoms with Crippen LogP contribution in [-0.4, -0.2) is 138 Å². The fourth-order valence-electron chi connectivity index (χ4n) is 10.1. The van der Waals surface area contributed by atoms with Crippen molar-refractivity contribution in [1.82, 2.24) is 61.1 Å². The lowest BCUT2D eigenvalue weighted by Gasteiger charge is -2.33. The molecule has 10 bridgehead atoms. The molecule has 4 atom stereocenters. The smallest absolute Gasteiger partial charge is 0.326 e. The number of methoxy groups -OCH3 is 1. The Hall–Kier alpha value is -8.13. The maximum absolute atomic E-state index is 14.4. The topological polar surface area (TPSA) is 331 Å². The van der Waals surface area contributed by atoms with Gasteiger partial charge in [-0.05, 0) is 43.4 Å². The summed E-state index contributed by atoms with van der Waals surface area (Å²) in [4.78, 5) is 146. The number of hydrogen-bond donors (Lipinski definition) is 6. The molecule has 0 radical (unpaired) electrons. The van der Waals surface area contributed by atoms with Crippen molar-refractivity contribution < 1.29 is 53.3 Å². The van der Waals surface area contributed by atoms with Gasteiger partial charge in [0, 0.05) is 77.5 Å². The van der Waals surface area contributed by atoms with Gasteiger partial charge in [-0.2, -0.15) is 0 Å². The van der Waals surface area contributed by atoms with Gasteiger partial charge in [0.1, 0.15) is 71.6 Å². The number of ether oxygens (including phenoxy) is 1. The van der Waals surface area contributed by atoms with E-state index in [-0.39, 0.29) is 85.9 Å². The molecule has 7 aromatic heterocycles. The summed E-state index contributed by atoms with van der Waals surface area (Å²) in [5, 5.41) is 40.2. The van der Waals surface area contributed by atoms with E-state index in [9.17, 15) is 48.6 Å². The summed E-state index contributed by atoms with van der Waals surface area (Å²) >= 11 is 7.29. The molecule has 24 nitrogen and oxygen atoms in total. The summed E-state index contributed by atoms with van der Waals surface area (Å²) in [6.07, 6.45) is 0.174. The van der Waals surface area contributed by atoms with Crippen LogP contribution in [0.1, 0.15) is 132 Å². The van der Waals surface area contributed by atoms with Crippen molar-refractivity contribution in [3.8, 4) is 43.4 Å². The number of carboxylic acid groups (broad SMARTS) is 2. The summed E-state index contributed by atoms with van der Waals surface area (Å²) in [6.45, 7) is 6.78. The molecule has 2 aliphatic rings. The zero-order valence-electron chi connectivity index (χ0n) is 48.2. The highest BCUT2D eigenvalue weighted by molar-refractivity contribution is 7.15. The Kier molecular flexibility index (Phi) is 19.7. The van der Waals surface area contributed by atoms with Gasteiger partial charge in [0.25, 0.3) is 11.8 Å². The number of nitrogens with one attached hydrogen (secondary N) is 4. The van der Waals surface area contributed by atoms with Crippen LogP contribution in [0.5, 0.6) is 0 Å². The molecule has 1 unspecified atom stereocenters. The number of anilines is 1. The second kappa shape index (κ2) is 27.5. The van der Waals surface area contributed by atoms with Crippen molar-refractivity contribution in [1.29, 1.82) is 0 Å². The highest BCUT2D eigenvalue weighted by atomic mass is 32.1. The maximum Gasteiger partial charge on any atom is 0.326 e. The molecule has 10 rings (SSSR count). The second-order valence-electron chi connectivity index (χ2n) is 21.1. The number of amides is 6. The number of carboxylic acids is 2. The molecule has 458 valence electrons. The predicted octanol–water partition coefficient (Wildman–Crippen LogP) is 9.08. The molecule has 6 N–H and O–H groups in total. The monoisotopic (exact) mass is 1310 g/mol. The molecule has 0 saturated carbocycles. The first-order valence-corrected chi connectivity index (χ1v) is 32.9. The molecule has 8 aromatic rings. The molecule has 0 aliphatic carbocycles. The number of likely N-dealkylation sites (tertiary alicyclic amines) is 1. The van der Waals surface area contributed by atoms with Crippen LogP contribution in [0.15, 0.2) is 64.0 Å². The van der Waals surface area contributed by atoms with Gasteiger partial charge in [0.05, 0.1) is 53.2 Å². The third-order valence-corrected chi connectivity index (χ3v) is 20.6. The number of ketones is 1. The summed E-state index contributed by atoms with van der Waals surface area (Å²) < 4.78 is 5.49. The number of Topliss-reactive ketones (excluding diaryl/α,β-unsaturated/α-hetero) is 1. The van der Waals surface area contributed by atoms with Crippen LogP contribution in [0.4, 0.5) is 10.6 Å². The Morgan fingerprint density at radius 2 is 1.43 bits per heavy atom. The molecular formula is C58H59N13O11S6. The largest absolute Gasteiger partial charge is 0.481 e. The molecule has 9 heterocycles. The summed E-state index contributed by atoms with van der Waals surface area (Å²) in [7, 11) is 2.97. The number of rotatable bonds is 12. The van der Waals surface area contributed by atoms with E-state index in [1.54, 1.807) is 35.2 Å². The minimum absolute atomic E-state index is 0.00914. The SMILES string of the molecule is CNC(=O)C[C@@H]1NC(=O)c2csc(n2)-c2ccc(-c3nc(N(CC(=O)O)C(=O)N4CCC(C(=O)O)CC4)cs3)nc2-c2csc(n2)-c2csc(n2)[C@H]([C@@H](C)c2ccccc2)NC(=O)CNC(=O)c2nc(sc2COC)C(C(C)C)CC(=O)c2nc1sc2C. The number of aliphatic carboxylic acids is 2. The quantitative estimate of drug-likeness (QED) is 0.0664. The van der Waals surface area contributed by atoms with Gasteiger partial charge in [0.15, 0.2) is 5.78 Å². The van der Waals surface area contributed by atoms with Gasteiger partial charge in [-0.1, -0.05) is 51.1 Å². The van der Waals surface area contributed by atoms with Crippen LogP contribution in [-0.2, 0) is 30.5 Å². The maximum atomic E-state index is 14.4. The predicted molar refractivity (Wildman–Crippen MR) is 334 cm³/mol. The van der Waals surface area contributed by atoms with Crippen molar-refractivity contribution in [2.45, 2.75) is 83.9 Å². The van der Waals surface area contributed by atoms with Crippen LogP contribution in [0.25, 0.3) is 43.4 Å². The fraction of sp³-hybridized carbons (Fsp3) is 0.362. The number of fused-ring (bicyclic) bond motifs is 14. The zero-order chi connectivity index (χ0) is 62.5. The van der Waals surface area contributed by atoms with E-state index in [2.05, 4.69) is 21.3 Å². The number of piperidine rings is 1. The van der Waals surface area contributed by atoms with Gasteiger partial charge >= 0.3 is 18.0 Å². The number of carbonyl (C=O) groups is 8. The second-order valence-corrected chi connectivity index (χ2v) is 26.9. The van der Waals surface area contributed by atoms with Gasteiger partial charge in [-0.25, -0.2) is 39.7 Å². The van der Waals surface area contributed by atoms with Crippen molar-refractivity contribution in [2.75, 3.05) is 45.2 Å². The number of aromatic nitrogens is 7. The minimum atomic E-state index is -1.29. The molecule has 1 fully saturated rings. The van der Waals surface area contributed by atoms with Gasteiger partial charge < -0.3 is 41.1 Å². The molecule has 2 aliphatic heterocycles. The minimum Gasteiger partial charge on any atom is -0.481 e. The first-order valence-electron chi connectivity index (χ1n) is 27.8. The van der Waals surface area contributed by atoms with Gasteiger partial charge in [0.2, 0.25) is 11.8 Å². The number of nitrogens with zero attached hydrogens (tertiary/aromatic N) is 9. The Balaban J connectivity index is 1.05. The van der Waals surface area contributed by atoms with Crippen LogP contribution in [0.2, 0.25) is 0 Å². The van der Waals surface area contributed by atoms with E-state index in [1.807, 2.05) is 56.5 Å². The van der Waals surface area contributed by atoms with E-state index in [0.29, 0.717) is 68.1 Å². The molecule has 1 aromatic carbocycles. The number of pyridine rings is 1.